The predicted molar refractivity (Wildman–Crippen MR) is 60.9 cm³/mol. The van der Waals surface area contributed by atoms with Crippen molar-refractivity contribution >= 4 is 17.4 Å². The molecule has 4 nitrogen and oxygen atoms in total. The molecule has 0 unspecified atom stereocenters. The maximum absolute atomic E-state index is 6.03. The van der Waals surface area contributed by atoms with Crippen molar-refractivity contribution in [3.05, 3.63) is 17.5 Å². The fourth-order valence-electron chi connectivity index (χ4n) is 1.93. The Morgan fingerprint density at radius 3 is 2.93 bits per heavy atom. The van der Waals surface area contributed by atoms with Crippen molar-refractivity contribution in [3.63, 3.8) is 0 Å². The van der Waals surface area contributed by atoms with Crippen LogP contribution in [0.25, 0.3) is 0 Å². The number of anilines is 1. The molecular weight excluding hydrogens is 212 g/mol. The first-order valence-electron chi connectivity index (χ1n) is 5.25. The lowest BCUT2D eigenvalue weighted by Crippen LogP contribution is -2.42. The molecule has 1 aliphatic rings. The molecule has 2 atom stereocenters. The Kier molecular flexibility index (Phi) is 3.38. The monoisotopic (exact) mass is 226 g/mol. The molecule has 0 aliphatic heterocycles. The van der Waals surface area contributed by atoms with Crippen LogP contribution >= 0.6 is 11.6 Å². The fraction of sp³-hybridized carbons (Fsp3) is 0.600. The minimum absolute atomic E-state index is 0.199. The smallest absolute Gasteiger partial charge is 0.148 e. The van der Waals surface area contributed by atoms with E-state index in [0.29, 0.717) is 10.8 Å². The zero-order valence-electron chi connectivity index (χ0n) is 8.49. The summed E-state index contributed by atoms with van der Waals surface area (Å²) >= 11 is 5.96. The van der Waals surface area contributed by atoms with Gasteiger partial charge < -0.3 is 11.1 Å². The lowest BCUT2D eigenvalue weighted by atomic mass is 9.91. The lowest BCUT2D eigenvalue weighted by Gasteiger charge is -2.29. The van der Waals surface area contributed by atoms with Gasteiger partial charge in [-0.05, 0) is 12.8 Å². The minimum Gasteiger partial charge on any atom is -0.364 e. The summed E-state index contributed by atoms with van der Waals surface area (Å²) in [6, 6.07) is 0.482. The summed E-state index contributed by atoms with van der Waals surface area (Å²) in [5, 5.41) is 3.84. The third-order valence-corrected chi connectivity index (χ3v) is 3.09. The van der Waals surface area contributed by atoms with Crippen LogP contribution in [0.15, 0.2) is 12.5 Å². The normalized spacial score (nSPS) is 26.3. The van der Waals surface area contributed by atoms with E-state index in [0.717, 1.165) is 12.8 Å². The molecule has 5 heteroatoms. The Morgan fingerprint density at radius 2 is 2.20 bits per heavy atom. The topological polar surface area (TPSA) is 63.8 Å². The largest absolute Gasteiger partial charge is 0.364 e. The Labute approximate surface area is 94.2 Å². The van der Waals surface area contributed by atoms with Gasteiger partial charge >= 0.3 is 0 Å². The Bertz CT molecular complexity index is 331. The molecule has 0 spiro atoms. The number of hydrogen-bond acceptors (Lipinski definition) is 4. The van der Waals surface area contributed by atoms with Crippen LogP contribution in [0.4, 0.5) is 5.82 Å². The molecule has 1 heterocycles. The van der Waals surface area contributed by atoms with Gasteiger partial charge in [-0.1, -0.05) is 24.4 Å². The first-order chi connectivity index (χ1) is 7.27. The van der Waals surface area contributed by atoms with Crippen molar-refractivity contribution in [2.24, 2.45) is 5.73 Å². The zero-order valence-corrected chi connectivity index (χ0v) is 9.24. The number of nitrogens with zero attached hydrogens (tertiary/aromatic N) is 2. The molecule has 82 valence electrons. The Balaban J connectivity index is 2.04. The average molecular weight is 227 g/mol. The van der Waals surface area contributed by atoms with Crippen LogP contribution in [0.2, 0.25) is 5.02 Å². The molecule has 1 saturated carbocycles. The van der Waals surface area contributed by atoms with Gasteiger partial charge in [0.2, 0.25) is 0 Å². The third kappa shape index (κ3) is 2.58. The molecule has 1 aromatic rings. The van der Waals surface area contributed by atoms with Crippen molar-refractivity contribution < 1.29 is 0 Å². The van der Waals surface area contributed by atoms with Gasteiger partial charge in [-0.25, -0.2) is 9.97 Å². The van der Waals surface area contributed by atoms with E-state index >= 15 is 0 Å². The highest BCUT2D eigenvalue weighted by atomic mass is 35.5. The van der Waals surface area contributed by atoms with E-state index in [1.165, 1.54) is 19.2 Å². The highest BCUT2D eigenvalue weighted by molar-refractivity contribution is 6.32. The molecular formula is C10H15ClN4. The standard InChI is InChI=1S/C10H15ClN4/c11-7-5-13-6-14-10(7)15-9-4-2-1-3-8(9)12/h5-6,8-9H,1-4,12H2,(H,13,14,15)/t8-,9-/m1/s1. The molecule has 0 radical (unpaired) electrons. The molecule has 1 aromatic heterocycles. The molecule has 1 fully saturated rings. The van der Waals surface area contributed by atoms with Crippen LogP contribution in [-0.2, 0) is 0 Å². The Hall–Kier alpha value is -0.870. The van der Waals surface area contributed by atoms with Gasteiger partial charge in [0.15, 0.2) is 0 Å². The van der Waals surface area contributed by atoms with Gasteiger partial charge in [0.05, 0.1) is 6.20 Å². The van der Waals surface area contributed by atoms with Crippen molar-refractivity contribution in [1.29, 1.82) is 0 Å². The maximum atomic E-state index is 6.03. The second-order valence-electron chi connectivity index (χ2n) is 3.92. The second kappa shape index (κ2) is 4.77. The summed E-state index contributed by atoms with van der Waals surface area (Å²) in [7, 11) is 0. The number of nitrogens with one attached hydrogen (secondary N) is 1. The van der Waals surface area contributed by atoms with Gasteiger partial charge in [0, 0.05) is 12.1 Å². The van der Waals surface area contributed by atoms with Crippen LogP contribution in [-0.4, -0.2) is 22.1 Å². The van der Waals surface area contributed by atoms with E-state index in [1.54, 1.807) is 6.20 Å². The molecule has 1 aliphatic carbocycles. The first-order valence-corrected chi connectivity index (χ1v) is 5.63. The van der Waals surface area contributed by atoms with Crippen LogP contribution in [0.3, 0.4) is 0 Å². The average Bonchev–Trinajstić information content (AvgIpc) is 2.24. The third-order valence-electron chi connectivity index (χ3n) is 2.81. The first kappa shape index (κ1) is 10.6. The van der Waals surface area contributed by atoms with Crippen LogP contribution in [0.1, 0.15) is 25.7 Å². The molecule has 0 aromatic carbocycles. The number of rotatable bonds is 2. The molecule has 2 rings (SSSR count). The summed E-state index contributed by atoms with van der Waals surface area (Å²) < 4.78 is 0. The molecule has 15 heavy (non-hydrogen) atoms. The van der Waals surface area contributed by atoms with E-state index in [2.05, 4.69) is 15.3 Å². The molecule has 3 N–H and O–H groups in total. The van der Waals surface area contributed by atoms with Gasteiger partial charge in [-0.3, -0.25) is 0 Å². The number of nitrogens with two attached hydrogens (primary N) is 1. The van der Waals surface area contributed by atoms with Gasteiger partial charge in [-0.2, -0.15) is 0 Å². The van der Waals surface area contributed by atoms with E-state index in [4.69, 9.17) is 17.3 Å². The van der Waals surface area contributed by atoms with Crippen molar-refractivity contribution in [2.45, 2.75) is 37.8 Å². The maximum Gasteiger partial charge on any atom is 0.148 e. The van der Waals surface area contributed by atoms with Gasteiger partial charge in [-0.15, -0.1) is 0 Å². The van der Waals surface area contributed by atoms with Crippen molar-refractivity contribution in [2.75, 3.05) is 5.32 Å². The van der Waals surface area contributed by atoms with Gasteiger partial charge in [0.25, 0.3) is 0 Å². The zero-order chi connectivity index (χ0) is 10.7. The lowest BCUT2D eigenvalue weighted by molar-refractivity contribution is 0.403. The van der Waals surface area contributed by atoms with Gasteiger partial charge in [0.1, 0.15) is 17.2 Å². The summed E-state index contributed by atoms with van der Waals surface area (Å²) in [6.45, 7) is 0. The molecule has 0 amide bonds. The van der Waals surface area contributed by atoms with Crippen LogP contribution < -0.4 is 11.1 Å². The minimum atomic E-state index is 0.199. The highest BCUT2D eigenvalue weighted by Crippen LogP contribution is 2.23. The van der Waals surface area contributed by atoms with Crippen molar-refractivity contribution in [3.8, 4) is 0 Å². The number of aromatic nitrogens is 2. The quantitative estimate of drug-likeness (QED) is 0.808. The molecule has 0 saturated heterocycles. The number of hydrogen-bond donors (Lipinski definition) is 2. The highest BCUT2D eigenvalue weighted by Gasteiger charge is 2.22. The second-order valence-corrected chi connectivity index (χ2v) is 4.33. The van der Waals surface area contributed by atoms with E-state index in [9.17, 15) is 0 Å². The number of halogens is 1. The predicted octanol–water partition coefficient (Wildman–Crippen LogP) is 1.81. The van der Waals surface area contributed by atoms with Crippen LogP contribution in [0, 0.1) is 0 Å². The summed E-state index contributed by atoms with van der Waals surface area (Å²) in [6.07, 6.45) is 7.67. The summed E-state index contributed by atoms with van der Waals surface area (Å²) in [5.41, 5.74) is 6.03. The summed E-state index contributed by atoms with van der Waals surface area (Å²) in [4.78, 5) is 7.94. The van der Waals surface area contributed by atoms with Crippen LogP contribution in [0.5, 0.6) is 0 Å². The van der Waals surface area contributed by atoms with Crippen molar-refractivity contribution in [1.82, 2.24) is 9.97 Å². The fourth-order valence-corrected chi connectivity index (χ4v) is 2.09. The van der Waals surface area contributed by atoms with E-state index in [1.807, 2.05) is 0 Å². The van der Waals surface area contributed by atoms with E-state index in [-0.39, 0.29) is 12.1 Å². The Morgan fingerprint density at radius 1 is 1.40 bits per heavy atom. The van der Waals surface area contributed by atoms with E-state index < -0.39 is 0 Å². The SMILES string of the molecule is N[C@@H]1CCCC[C@H]1Nc1ncncc1Cl. The molecule has 0 bridgehead atoms. The summed E-state index contributed by atoms with van der Waals surface area (Å²) in [5.74, 6) is 0.689.